The number of hydrogen-bond donors (Lipinski definition) is 2. The van der Waals surface area contributed by atoms with Gasteiger partial charge in [0.25, 0.3) is 7.82 Å². The smallest absolute Gasteiger partial charge is 0.268 e. The van der Waals surface area contributed by atoms with Crippen molar-refractivity contribution in [3.63, 3.8) is 0 Å². The van der Waals surface area contributed by atoms with Crippen molar-refractivity contribution in [2.45, 2.75) is 405 Å². The number of carbonyl (C=O) groups excluding carboxylic acids is 1. The number of carbonyl (C=O) groups is 1. The Morgan fingerprint density at radius 2 is 0.659 bits per heavy atom. The van der Waals surface area contributed by atoms with Gasteiger partial charge in [-0.05, 0) is 44.9 Å². The van der Waals surface area contributed by atoms with E-state index in [1.165, 1.54) is 327 Å². The summed E-state index contributed by atoms with van der Waals surface area (Å²) < 4.78 is 23.5. The Kier molecular flexibility index (Phi) is 66.1. The van der Waals surface area contributed by atoms with Crippen molar-refractivity contribution in [3.8, 4) is 0 Å². The highest BCUT2D eigenvalue weighted by molar-refractivity contribution is 7.45. The first-order chi connectivity index (χ1) is 41.5. The van der Waals surface area contributed by atoms with E-state index < -0.39 is 26.6 Å². The quantitative estimate of drug-likeness (QED) is 0.0272. The lowest BCUT2D eigenvalue weighted by atomic mass is 10.0. The number of nitrogens with zero attached hydrogens (tertiary/aromatic N) is 1. The van der Waals surface area contributed by atoms with Gasteiger partial charge in [-0.2, -0.15) is 0 Å². The number of unbranched alkanes of at least 4 members (excludes halogenated alkanes) is 54. The first-order valence-corrected chi connectivity index (χ1v) is 39.3. The molecule has 0 aliphatic rings. The largest absolute Gasteiger partial charge is 0.756 e. The number of aliphatic hydroxyl groups excluding tert-OH is 1. The first kappa shape index (κ1) is 83.7. The molecule has 0 radical (unpaired) electrons. The number of quaternary nitrogens is 1. The molecule has 0 aromatic rings. The number of aliphatic hydroxyl groups is 1. The highest BCUT2D eigenvalue weighted by Gasteiger charge is 2.23. The normalized spacial score (nSPS) is 13.7. The van der Waals surface area contributed by atoms with Gasteiger partial charge in [0.05, 0.1) is 39.9 Å². The lowest BCUT2D eigenvalue weighted by Crippen LogP contribution is -2.45. The van der Waals surface area contributed by atoms with Crippen LogP contribution in [0, 0.1) is 0 Å². The van der Waals surface area contributed by atoms with Crippen LogP contribution in [0.2, 0.25) is 0 Å². The molecule has 0 bridgehead atoms. The van der Waals surface area contributed by atoms with Crippen LogP contribution >= 0.6 is 7.82 Å². The zero-order valence-electron chi connectivity index (χ0n) is 57.8. The monoisotopic (exact) mass is 1220 g/mol. The summed E-state index contributed by atoms with van der Waals surface area (Å²) in [7, 11) is 1.25. The van der Waals surface area contributed by atoms with Crippen LogP contribution in [-0.2, 0) is 18.4 Å². The van der Waals surface area contributed by atoms with E-state index in [4.69, 9.17) is 9.05 Å². The summed E-state index contributed by atoms with van der Waals surface area (Å²) in [6, 6.07) is -0.910. The Hall–Kier alpha value is -1.28. The number of allylic oxidation sites excluding steroid dienone is 5. The summed E-state index contributed by atoms with van der Waals surface area (Å²) in [6.07, 6.45) is 90.2. The van der Waals surface area contributed by atoms with Crippen LogP contribution in [0.15, 0.2) is 36.5 Å². The lowest BCUT2D eigenvalue weighted by molar-refractivity contribution is -0.870. The molecule has 0 rings (SSSR count). The number of amides is 1. The Balaban J connectivity index is 4.02. The number of rotatable bonds is 71. The van der Waals surface area contributed by atoms with Crippen molar-refractivity contribution in [1.82, 2.24) is 5.32 Å². The van der Waals surface area contributed by atoms with E-state index in [0.717, 1.165) is 44.9 Å². The molecule has 1 amide bonds. The summed E-state index contributed by atoms with van der Waals surface area (Å²) >= 11 is 0. The third-order valence-electron chi connectivity index (χ3n) is 17.6. The topological polar surface area (TPSA) is 108 Å². The number of phosphoric acid groups is 1. The highest BCUT2D eigenvalue weighted by Crippen LogP contribution is 2.38. The molecular weight excluding hydrogens is 1070 g/mol. The highest BCUT2D eigenvalue weighted by atomic mass is 31.2. The fourth-order valence-corrected chi connectivity index (χ4v) is 12.4. The van der Waals surface area contributed by atoms with Crippen molar-refractivity contribution in [2.75, 3.05) is 40.9 Å². The second-order valence-corrected chi connectivity index (χ2v) is 28.8. The van der Waals surface area contributed by atoms with Gasteiger partial charge in [-0.15, -0.1) is 0 Å². The third kappa shape index (κ3) is 70.0. The minimum absolute atomic E-state index is 0.00700. The molecule has 0 aliphatic carbocycles. The molecule has 0 saturated carbocycles. The van der Waals surface area contributed by atoms with E-state index in [1.807, 2.05) is 27.2 Å². The van der Waals surface area contributed by atoms with Gasteiger partial charge >= 0.3 is 0 Å². The van der Waals surface area contributed by atoms with Gasteiger partial charge in [0.15, 0.2) is 0 Å². The molecule has 0 spiro atoms. The van der Waals surface area contributed by atoms with Crippen molar-refractivity contribution in [1.29, 1.82) is 0 Å². The van der Waals surface area contributed by atoms with Crippen LogP contribution in [0.3, 0.4) is 0 Å². The van der Waals surface area contributed by atoms with E-state index in [-0.39, 0.29) is 12.5 Å². The molecule has 0 saturated heterocycles. The number of hydrogen-bond acceptors (Lipinski definition) is 6. The van der Waals surface area contributed by atoms with Crippen LogP contribution < -0.4 is 10.2 Å². The molecule has 0 aromatic carbocycles. The molecule has 0 aliphatic heterocycles. The Labute approximate surface area is 531 Å². The molecule has 85 heavy (non-hydrogen) atoms. The second kappa shape index (κ2) is 67.1. The zero-order valence-corrected chi connectivity index (χ0v) is 58.7. The second-order valence-electron chi connectivity index (χ2n) is 27.4. The zero-order chi connectivity index (χ0) is 61.9. The fourth-order valence-electron chi connectivity index (χ4n) is 11.7. The van der Waals surface area contributed by atoms with Crippen LogP contribution in [0.25, 0.3) is 0 Å². The summed E-state index contributed by atoms with van der Waals surface area (Å²) in [5.74, 6) is -0.203. The van der Waals surface area contributed by atoms with Gasteiger partial charge in [-0.3, -0.25) is 9.36 Å². The molecule has 9 heteroatoms. The van der Waals surface area contributed by atoms with Crippen molar-refractivity contribution in [2.24, 2.45) is 0 Å². The maximum Gasteiger partial charge on any atom is 0.268 e. The van der Waals surface area contributed by atoms with Gasteiger partial charge in [0.1, 0.15) is 13.2 Å². The predicted octanol–water partition coefficient (Wildman–Crippen LogP) is 23.8. The Morgan fingerprint density at radius 1 is 0.400 bits per heavy atom. The van der Waals surface area contributed by atoms with Gasteiger partial charge in [0, 0.05) is 6.42 Å². The van der Waals surface area contributed by atoms with Gasteiger partial charge in [0.2, 0.25) is 5.91 Å². The van der Waals surface area contributed by atoms with E-state index >= 15 is 0 Å². The van der Waals surface area contributed by atoms with Crippen LogP contribution in [0.5, 0.6) is 0 Å². The summed E-state index contributed by atoms with van der Waals surface area (Å²) in [6.45, 7) is 4.69. The van der Waals surface area contributed by atoms with Crippen molar-refractivity contribution >= 4 is 13.7 Å². The van der Waals surface area contributed by atoms with E-state index in [0.29, 0.717) is 17.4 Å². The molecule has 0 aromatic heterocycles. The molecule has 0 heterocycles. The van der Waals surface area contributed by atoms with Crippen molar-refractivity contribution in [3.05, 3.63) is 36.5 Å². The average Bonchev–Trinajstić information content (AvgIpc) is 3.48. The maximum atomic E-state index is 13.0. The van der Waals surface area contributed by atoms with E-state index in [1.54, 1.807) is 6.08 Å². The number of nitrogens with one attached hydrogen (secondary N) is 1. The lowest BCUT2D eigenvalue weighted by Gasteiger charge is -2.29. The third-order valence-corrected chi connectivity index (χ3v) is 18.5. The molecule has 3 unspecified atom stereocenters. The average molecular weight is 1220 g/mol. The van der Waals surface area contributed by atoms with Gasteiger partial charge < -0.3 is 28.8 Å². The van der Waals surface area contributed by atoms with E-state index in [9.17, 15) is 19.4 Å². The van der Waals surface area contributed by atoms with Crippen molar-refractivity contribution < 1.29 is 32.9 Å². The van der Waals surface area contributed by atoms with Crippen LogP contribution in [-0.4, -0.2) is 68.5 Å². The van der Waals surface area contributed by atoms with E-state index in [2.05, 4.69) is 43.5 Å². The van der Waals surface area contributed by atoms with Crippen LogP contribution in [0.1, 0.15) is 393 Å². The number of phosphoric ester groups is 1. The molecule has 8 nitrogen and oxygen atoms in total. The number of likely N-dealkylation sites (N-methyl/N-ethyl adjacent to an activating group) is 1. The van der Waals surface area contributed by atoms with Gasteiger partial charge in [-0.1, -0.05) is 378 Å². The summed E-state index contributed by atoms with van der Waals surface area (Å²) in [4.78, 5) is 25.7. The minimum atomic E-state index is -4.62. The Bertz CT molecular complexity index is 1480. The standard InChI is InChI=1S/C76H149N2O6P/c1-6-8-10-12-14-16-18-20-22-24-26-28-30-32-34-36-37-38-39-40-41-42-44-46-48-50-52-54-56-58-60-62-64-66-68-70-76(80)77-74(73-84-85(81,82)83-72-71-78(3,4)5)75(79)69-67-65-63-61-59-57-55-53-51-49-47-45-43-35-33-31-29-27-25-23-21-19-17-15-13-11-9-7-2/h51,53,59,61,67,69,74-75,79H,6-50,52,54-58,60,62-66,68,70-73H2,1-5H3,(H-,77,80,81,82)/b53-51+,61-59+,69-67+. The van der Waals surface area contributed by atoms with Gasteiger partial charge in [-0.25, -0.2) is 0 Å². The molecular formula is C76H149N2O6P. The molecule has 504 valence electrons. The molecule has 0 fully saturated rings. The fraction of sp³-hybridized carbons (Fsp3) is 0.908. The van der Waals surface area contributed by atoms with Crippen LogP contribution in [0.4, 0.5) is 0 Å². The first-order valence-electron chi connectivity index (χ1n) is 37.9. The predicted molar refractivity (Wildman–Crippen MR) is 372 cm³/mol. The SMILES string of the molecule is CCCCCCCCCCCCCCCCCCCC/C=C/CC/C=C/CC/C=C/C(O)C(COP(=O)([O-])OCC[N+](C)(C)C)NC(=O)CCCCCCCCCCCCCCCCCCCCCCCCCCCCCCCCCCCCC. The minimum Gasteiger partial charge on any atom is -0.756 e. The summed E-state index contributed by atoms with van der Waals surface area (Å²) in [5.41, 5.74) is 0. The maximum absolute atomic E-state index is 13.0. The Morgan fingerprint density at radius 3 is 0.953 bits per heavy atom. The molecule has 2 N–H and O–H groups in total. The molecule has 3 atom stereocenters. The summed E-state index contributed by atoms with van der Waals surface area (Å²) in [5, 5.41) is 14.0.